The molecule has 0 aliphatic heterocycles. The molecule has 4 rings (SSSR count). The zero-order valence-electron chi connectivity index (χ0n) is 14.7. The fourth-order valence-corrected chi connectivity index (χ4v) is 3.44. The van der Waals surface area contributed by atoms with Gasteiger partial charge in [0.2, 0.25) is 5.91 Å². The summed E-state index contributed by atoms with van der Waals surface area (Å²) in [4.78, 5) is 25.8. The number of fused-ring (bicyclic) bond motifs is 1. The molecule has 5 heteroatoms. The predicted molar refractivity (Wildman–Crippen MR) is 104 cm³/mol. The molecule has 0 radical (unpaired) electrons. The number of terminal acetylenes is 1. The average molecular weight is 354 g/mol. The van der Waals surface area contributed by atoms with Crippen molar-refractivity contribution in [1.29, 1.82) is 0 Å². The van der Waals surface area contributed by atoms with Gasteiger partial charge in [-0.05, 0) is 60.7 Å². The zero-order chi connectivity index (χ0) is 18.6. The van der Waals surface area contributed by atoms with Gasteiger partial charge in [-0.2, -0.15) is 0 Å². The third-order valence-electron chi connectivity index (χ3n) is 4.74. The molecule has 2 heterocycles. The summed E-state index contributed by atoms with van der Waals surface area (Å²) in [6.07, 6.45) is 11.5. The summed E-state index contributed by atoms with van der Waals surface area (Å²) >= 11 is 0. The van der Waals surface area contributed by atoms with Gasteiger partial charge in [0.05, 0.1) is 5.92 Å². The Labute approximate surface area is 157 Å². The summed E-state index contributed by atoms with van der Waals surface area (Å²) in [7, 11) is 0. The van der Waals surface area contributed by atoms with Crippen molar-refractivity contribution >= 4 is 11.7 Å². The Bertz CT molecular complexity index is 1020. The van der Waals surface area contributed by atoms with E-state index in [1.54, 1.807) is 18.5 Å². The lowest BCUT2D eigenvalue weighted by molar-refractivity contribution is -0.117. The number of hydrogen-bond acceptors (Lipinski definition) is 4. The maximum atomic E-state index is 12.9. The molecule has 1 unspecified atom stereocenters. The molecule has 3 aromatic rings. The van der Waals surface area contributed by atoms with Crippen LogP contribution >= 0.6 is 0 Å². The van der Waals surface area contributed by atoms with Crippen molar-refractivity contribution < 1.29 is 4.79 Å². The summed E-state index contributed by atoms with van der Waals surface area (Å²) in [5.74, 6) is 3.36. The minimum atomic E-state index is -0.200. The molecule has 1 aromatic carbocycles. The van der Waals surface area contributed by atoms with Crippen molar-refractivity contribution in [3.8, 4) is 23.9 Å². The van der Waals surface area contributed by atoms with Crippen molar-refractivity contribution in [2.45, 2.75) is 25.2 Å². The predicted octanol–water partition coefficient (Wildman–Crippen LogP) is 3.58. The van der Waals surface area contributed by atoms with Crippen LogP contribution in [0.2, 0.25) is 0 Å². The summed E-state index contributed by atoms with van der Waals surface area (Å²) in [5, 5.41) is 2.93. The first-order valence-electron chi connectivity index (χ1n) is 8.89. The molecule has 27 heavy (non-hydrogen) atoms. The fraction of sp³-hybridized carbons (Fsp3) is 0.182. The molecule has 2 aromatic heterocycles. The van der Waals surface area contributed by atoms with E-state index < -0.39 is 0 Å². The molecule has 0 bridgehead atoms. The van der Waals surface area contributed by atoms with Gasteiger partial charge in [-0.1, -0.05) is 18.1 Å². The Kier molecular flexibility index (Phi) is 4.63. The smallest absolute Gasteiger partial charge is 0.233 e. The first-order valence-corrected chi connectivity index (χ1v) is 8.89. The van der Waals surface area contributed by atoms with Crippen molar-refractivity contribution in [3.63, 3.8) is 0 Å². The highest BCUT2D eigenvalue weighted by atomic mass is 16.1. The number of aryl methyl sites for hydroxylation is 1. The first kappa shape index (κ1) is 16.9. The van der Waals surface area contributed by atoms with Gasteiger partial charge in [0.1, 0.15) is 11.5 Å². The second-order valence-corrected chi connectivity index (χ2v) is 6.47. The van der Waals surface area contributed by atoms with Crippen LogP contribution in [0.25, 0.3) is 11.5 Å². The van der Waals surface area contributed by atoms with Crippen LogP contribution < -0.4 is 5.32 Å². The van der Waals surface area contributed by atoms with Gasteiger partial charge in [0.15, 0.2) is 5.82 Å². The van der Waals surface area contributed by atoms with Crippen molar-refractivity contribution in [2.75, 3.05) is 5.32 Å². The topological polar surface area (TPSA) is 67.8 Å². The second kappa shape index (κ2) is 7.38. The Morgan fingerprint density at radius 1 is 1.15 bits per heavy atom. The lowest BCUT2D eigenvalue weighted by Crippen LogP contribution is -2.25. The van der Waals surface area contributed by atoms with E-state index in [0.717, 1.165) is 36.0 Å². The van der Waals surface area contributed by atoms with E-state index in [9.17, 15) is 4.79 Å². The molecule has 1 aliphatic rings. The van der Waals surface area contributed by atoms with Gasteiger partial charge >= 0.3 is 0 Å². The lowest BCUT2D eigenvalue weighted by Gasteiger charge is -2.24. The van der Waals surface area contributed by atoms with E-state index in [0.29, 0.717) is 17.3 Å². The number of nitrogens with zero attached hydrogens (tertiary/aromatic N) is 3. The van der Waals surface area contributed by atoms with Crippen LogP contribution in [-0.4, -0.2) is 20.9 Å². The van der Waals surface area contributed by atoms with Crippen LogP contribution in [-0.2, 0) is 11.2 Å². The summed E-state index contributed by atoms with van der Waals surface area (Å²) in [6, 6.07) is 13.1. The zero-order valence-corrected chi connectivity index (χ0v) is 14.7. The third-order valence-corrected chi connectivity index (χ3v) is 4.74. The van der Waals surface area contributed by atoms with Crippen LogP contribution in [0.3, 0.4) is 0 Å². The molecule has 0 fully saturated rings. The van der Waals surface area contributed by atoms with Crippen molar-refractivity contribution in [3.05, 3.63) is 71.5 Å². The number of carbonyl (C=O) groups is 1. The molecular formula is C22H18N4O. The third kappa shape index (κ3) is 3.56. The summed E-state index contributed by atoms with van der Waals surface area (Å²) in [5.41, 5.74) is 3.73. The van der Waals surface area contributed by atoms with Gasteiger partial charge in [0, 0.05) is 18.0 Å². The molecule has 1 N–H and O–H groups in total. The number of benzene rings is 1. The average Bonchev–Trinajstić information content (AvgIpc) is 2.73. The number of anilines is 1. The molecule has 1 amide bonds. The van der Waals surface area contributed by atoms with Gasteiger partial charge in [-0.3, -0.25) is 9.78 Å². The van der Waals surface area contributed by atoms with E-state index in [2.05, 4.69) is 26.2 Å². The Balaban J connectivity index is 1.57. The molecular weight excluding hydrogens is 336 g/mol. The monoisotopic (exact) mass is 354 g/mol. The van der Waals surface area contributed by atoms with E-state index in [1.807, 2.05) is 36.4 Å². The van der Waals surface area contributed by atoms with Crippen LogP contribution in [0.1, 0.15) is 35.4 Å². The van der Waals surface area contributed by atoms with Crippen LogP contribution in [0.5, 0.6) is 0 Å². The largest absolute Gasteiger partial charge is 0.310 e. The molecule has 0 spiro atoms. The minimum Gasteiger partial charge on any atom is -0.310 e. The van der Waals surface area contributed by atoms with E-state index >= 15 is 0 Å². The highest BCUT2D eigenvalue weighted by Gasteiger charge is 2.27. The lowest BCUT2D eigenvalue weighted by atomic mass is 9.81. The minimum absolute atomic E-state index is 0.0601. The number of rotatable bonds is 3. The number of nitrogens with one attached hydrogen (secondary N) is 1. The molecule has 1 atom stereocenters. The normalized spacial score (nSPS) is 15.4. The van der Waals surface area contributed by atoms with E-state index in [4.69, 9.17) is 6.42 Å². The highest BCUT2D eigenvalue weighted by Crippen LogP contribution is 2.33. The Morgan fingerprint density at radius 3 is 2.89 bits per heavy atom. The summed E-state index contributed by atoms with van der Waals surface area (Å²) < 4.78 is 0. The van der Waals surface area contributed by atoms with Crippen molar-refractivity contribution in [1.82, 2.24) is 15.0 Å². The standard InChI is InChI=1S/C22H18N4O/c1-2-15-9-10-17-16(14-15)6-5-7-18(17)22(27)26-20-11-13-24-21(25-20)19-8-3-4-12-23-19/h1,3-4,8-14,18H,5-7H2,(H,24,25,26,27). The maximum absolute atomic E-state index is 12.9. The van der Waals surface area contributed by atoms with Crippen molar-refractivity contribution in [2.24, 2.45) is 0 Å². The molecule has 132 valence electrons. The van der Waals surface area contributed by atoms with Gasteiger partial charge in [-0.15, -0.1) is 6.42 Å². The van der Waals surface area contributed by atoms with Crippen LogP contribution in [0, 0.1) is 12.3 Å². The van der Waals surface area contributed by atoms with Crippen LogP contribution in [0.4, 0.5) is 5.82 Å². The molecule has 0 saturated carbocycles. The summed E-state index contributed by atoms with van der Waals surface area (Å²) in [6.45, 7) is 0. The first-order chi connectivity index (χ1) is 13.2. The highest BCUT2D eigenvalue weighted by molar-refractivity contribution is 5.95. The molecule has 5 nitrogen and oxygen atoms in total. The second-order valence-electron chi connectivity index (χ2n) is 6.47. The van der Waals surface area contributed by atoms with E-state index in [1.165, 1.54) is 0 Å². The molecule has 1 aliphatic carbocycles. The molecule has 0 saturated heterocycles. The number of pyridine rings is 1. The number of amides is 1. The number of carbonyl (C=O) groups excluding carboxylic acids is 1. The van der Waals surface area contributed by atoms with E-state index in [-0.39, 0.29) is 11.8 Å². The fourth-order valence-electron chi connectivity index (χ4n) is 3.44. The SMILES string of the molecule is C#Cc1ccc2c(c1)CCCC2C(=O)Nc1ccnc(-c2ccccn2)n1. The Hall–Kier alpha value is -3.52. The van der Waals surface area contributed by atoms with Gasteiger partial charge in [0.25, 0.3) is 0 Å². The van der Waals surface area contributed by atoms with Gasteiger partial charge < -0.3 is 5.32 Å². The van der Waals surface area contributed by atoms with Crippen LogP contribution in [0.15, 0.2) is 54.9 Å². The maximum Gasteiger partial charge on any atom is 0.233 e. The quantitative estimate of drug-likeness (QED) is 0.730. The number of aromatic nitrogens is 3. The number of hydrogen-bond donors (Lipinski definition) is 1. The van der Waals surface area contributed by atoms with Gasteiger partial charge in [-0.25, -0.2) is 9.97 Å². The Morgan fingerprint density at radius 2 is 2.07 bits per heavy atom.